The molecule has 0 radical (unpaired) electrons. The highest BCUT2D eigenvalue weighted by atomic mass is 79.9. The van der Waals surface area contributed by atoms with E-state index in [-0.39, 0.29) is 117 Å². The normalized spacial score (nSPS) is 12.6. The Hall–Kier alpha value is -8.72. The topological polar surface area (TPSA) is 276 Å². The van der Waals surface area contributed by atoms with Crippen molar-refractivity contribution >= 4 is 53.5 Å². The Morgan fingerprint density at radius 2 is 0.903 bits per heavy atom. The number of carbonyl (C=O) groups is 2. The predicted molar refractivity (Wildman–Crippen MR) is 327 cm³/mol. The molecule has 8 rings (SSSR count). The van der Waals surface area contributed by atoms with Crippen molar-refractivity contribution in [2.75, 3.05) is 40.3 Å². The molecule has 30 heteroatoms. The van der Waals surface area contributed by atoms with Gasteiger partial charge in [-0.3, -0.25) is 28.3 Å². The first-order valence-electron chi connectivity index (χ1n) is 27.6. The van der Waals surface area contributed by atoms with Gasteiger partial charge in [-0.1, -0.05) is 36.4 Å². The number of halogens is 7. The van der Waals surface area contributed by atoms with Crippen LogP contribution < -0.4 is 48.2 Å². The Balaban J connectivity index is 0.0000123. The van der Waals surface area contributed by atoms with Crippen LogP contribution in [0.5, 0.6) is 0 Å². The van der Waals surface area contributed by atoms with Gasteiger partial charge in [-0.05, 0) is 146 Å². The highest BCUT2D eigenvalue weighted by molar-refractivity contribution is 7.89. The van der Waals surface area contributed by atoms with Crippen LogP contribution in [0.2, 0.25) is 0 Å². The smallest absolute Gasteiger partial charge is 0.416 e. The molecule has 0 aliphatic heterocycles. The van der Waals surface area contributed by atoms with E-state index in [0.717, 1.165) is 57.7 Å². The van der Waals surface area contributed by atoms with E-state index in [1.54, 1.807) is 0 Å². The number of amides is 2. The first-order chi connectivity index (χ1) is 43.3. The van der Waals surface area contributed by atoms with Crippen LogP contribution in [-0.4, -0.2) is 91.0 Å². The van der Waals surface area contributed by atoms with Crippen LogP contribution in [0.15, 0.2) is 197 Å². The maximum Gasteiger partial charge on any atom is 0.416 e. The molecule has 93 heavy (non-hydrogen) atoms. The Labute approximate surface area is 545 Å². The van der Waals surface area contributed by atoms with Gasteiger partial charge in [0.1, 0.15) is 11.1 Å². The second-order valence-electron chi connectivity index (χ2n) is 21.4. The minimum Gasteiger partial charge on any atom is -1.00 e. The summed E-state index contributed by atoms with van der Waals surface area (Å²) in [6.45, 7) is 2.92. The summed E-state index contributed by atoms with van der Waals surface area (Å²) < 4.78 is 171. The summed E-state index contributed by atoms with van der Waals surface area (Å²) >= 11 is 0. The monoisotopic (exact) mass is 1420 g/mol. The maximum absolute atomic E-state index is 14.0. The van der Waals surface area contributed by atoms with E-state index < -0.39 is 99.2 Å². The quantitative estimate of drug-likeness (QED) is 0.0361. The molecule has 8 aromatic rings. The van der Waals surface area contributed by atoms with E-state index in [1.807, 2.05) is 26.2 Å². The van der Waals surface area contributed by atoms with Gasteiger partial charge in [0.05, 0.1) is 109 Å². The van der Waals surface area contributed by atoms with Crippen LogP contribution in [-0.2, 0) is 67.1 Å². The lowest BCUT2D eigenvalue weighted by Gasteiger charge is -2.30. The first kappa shape index (κ1) is 71.7. The molecule has 2 atom stereocenters. The molecular weight excluding hydrogens is 1360 g/mol. The molecule has 0 bridgehead atoms. The molecule has 0 saturated carbocycles. The zero-order chi connectivity index (χ0) is 67.1. The number of sulfonamides is 2. The number of hydrogen-bond donors (Lipinski definition) is 4. The minimum absolute atomic E-state index is 0. The Kier molecular flexibility index (Phi) is 22.7. The molecule has 2 aromatic heterocycles. The second kappa shape index (κ2) is 29.5. The number of pyridine rings is 2. The zero-order valence-electron chi connectivity index (χ0n) is 49.6. The molecule has 2 amide bonds. The fourth-order valence-corrected chi connectivity index (χ4v) is 14.0. The van der Waals surface area contributed by atoms with Crippen LogP contribution in [0.3, 0.4) is 0 Å². The summed E-state index contributed by atoms with van der Waals surface area (Å²) in [4.78, 5) is 55.4. The van der Waals surface area contributed by atoms with Crippen LogP contribution in [0, 0.1) is 36.5 Å². The summed E-state index contributed by atoms with van der Waals surface area (Å²) in [5.41, 5.74) is -4.49. The largest absolute Gasteiger partial charge is 1.00 e. The van der Waals surface area contributed by atoms with Gasteiger partial charge in [-0.2, -0.15) is 36.9 Å². The molecule has 6 aromatic carbocycles. The van der Waals surface area contributed by atoms with E-state index in [4.69, 9.17) is 0 Å². The lowest BCUT2D eigenvalue weighted by Crippen LogP contribution is -3.00. The number of benzene rings is 6. The number of likely N-dealkylation sites (N-methyl/N-ethyl adjacent to an activating group) is 1. The van der Waals surface area contributed by atoms with Crippen molar-refractivity contribution in [1.82, 2.24) is 29.2 Å². The Bertz CT molecular complexity index is 4650. The van der Waals surface area contributed by atoms with E-state index >= 15 is 0 Å². The fraction of sp³-hybridized carbons (Fsp3) is 0.206. The summed E-state index contributed by atoms with van der Waals surface area (Å²) in [6, 6.07) is 35.8. The molecule has 19 nitrogen and oxygen atoms in total. The van der Waals surface area contributed by atoms with Crippen molar-refractivity contribution in [3.63, 3.8) is 0 Å². The highest BCUT2D eigenvalue weighted by Gasteiger charge is 2.33. The summed E-state index contributed by atoms with van der Waals surface area (Å²) in [5.74, 6) is -1.95. The van der Waals surface area contributed by atoms with E-state index in [1.165, 1.54) is 123 Å². The number of alkyl halides is 6. The lowest BCUT2D eigenvalue weighted by atomic mass is 10.1. The number of nitrogens with one attached hydrogen (secondary N) is 4. The third kappa shape index (κ3) is 17.3. The Morgan fingerprint density at radius 1 is 0.538 bits per heavy atom. The molecule has 486 valence electrons. The van der Waals surface area contributed by atoms with E-state index in [2.05, 4.69) is 20.1 Å². The molecule has 0 fully saturated rings. The number of aromatic nitrogens is 2. The zero-order valence-corrected chi connectivity index (χ0v) is 54.4. The molecule has 0 aliphatic carbocycles. The van der Waals surface area contributed by atoms with Gasteiger partial charge < -0.3 is 32.1 Å². The SMILES string of the molecule is Cc1c(S(=O)c2ccc(C#N)cc2)cc(C(=O)NCc2ccc(S(=O)(=O)NCCC[N+](C)(C)CCNS(=O)(=O)c3ccc(CNC(=O)c4cc(S(=O)c5ccc(C#N)cc5)c(C)n(-c5cccc(C(F)(F)F)c5)c4=O)cc3)cc2)c(=O)n1-c1cccc(C(F)(F)F)c1.[Br-]. The van der Waals surface area contributed by atoms with E-state index in [0.29, 0.717) is 24.1 Å². The van der Waals surface area contributed by atoms with Gasteiger partial charge in [0, 0.05) is 58.6 Å². The second-order valence-corrected chi connectivity index (χ2v) is 27.8. The van der Waals surface area contributed by atoms with Crippen LogP contribution in [0.25, 0.3) is 11.4 Å². The number of quaternary nitrogens is 1. The van der Waals surface area contributed by atoms with Crippen molar-refractivity contribution in [3.8, 4) is 23.5 Å². The third-order valence-corrected chi connectivity index (χ3v) is 20.5. The highest BCUT2D eigenvalue weighted by Crippen LogP contribution is 2.33. The standard InChI is InChI=1S/C63H55F6N9O10S4.BrH/c1-40-56(89(83)50-20-12-42(36-70)13-21-50)34-54(60(81)76(40)48-10-5-8-46(32-48)62(64,65)66)58(79)72-38-44-16-24-52(25-17-44)91(85,86)74-28-7-30-78(3,4)31-29-75-92(87,88)53-26-18-45(19-27-53)39-73-59(80)55-35-57(90(84)51-22-14-43(37-71)15-23-51)41(2)77(61(55)82)49-11-6-9-47(33-49)63(67,68)69;/h5-6,8-27,32-35,74-75H,7,28-31,38-39H2,1-4H3,(H-,72,73,79,80);1H. The minimum atomic E-state index is -4.78. The van der Waals surface area contributed by atoms with Crippen molar-refractivity contribution in [3.05, 3.63) is 234 Å². The number of rotatable bonds is 23. The summed E-state index contributed by atoms with van der Waals surface area (Å²) in [5, 5.41) is 23.6. The summed E-state index contributed by atoms with van der Waals surface area (Å²) in [7, 11) is -8.69. The molecular formula is C63H56BrF6N9O10S4. The Morgan fingerprint density at radius 3 is 1.26 bits per heavy atom. The molecule has 0 spiro atoms. The number of nitriles is 2. The first-order valence-corrected chi connectivity index (χ1v) is 32.9. The number of hydrogen-bond acceptors (Lipinski definition) is 12. The van der Waals surface area contributed by atoms with Gasteiger partial charge in [-0.25, -0.2) is 34.7 Å². The van der Waals surface area contributed by atoms with Gasteiger partial charge in [0.15, 0.2) is 0 Å². The van der Waals surface area contributed by atoms with Gasteiger partial charge in [-0.15, -0.1) is 0 Å². The lowest BCUT2D eigenvalue weighted by molar-refractivity contribution is -0.889. The average molecular weight is 1420 g/mol. The van der Waals surface area contributed by atoms with Crippen molar-refractivity contribution in [2.24, 2.45) is 0 Å². The fourth-order valence-electron chi connectivity index (χ4n) is 9.49. The molecule has 4 N–H and O–H groups in total. The average Bonchev–Trinajstić information content (AvgIpc) is 0.777. The number of carbonyl (C=O) groups excluding carboxylic acids is 2. The predicted octanol–water partition coefficient (Wildman–Crippen LogP) is 5.31. The van der Waals surface area contributed by atoms with Gasteiger partial charge in [0.2, 0.25) is 20.0 Å². The maximum atomic E-state index is 14.0. The molecule has 0 aliphatic rings. The summed E-state index contributed by atoms with van der Waals surface area (Å²) in [6.07, 6.45) is -9.24. The molecule has 0 saturated heterocycles. The van der Waals surface area contributed by atoms with Crippen molar-refractivity contribution in [2.45, 2.75) is 75.1 Å². The third-order valence-electron chi connectivity index (χ3n) is 14.6. The van der Waals surface area contributed by atoms with Crippen LogP contribution >= 0.6 is 0 Å². The molecule has 2 heterocycles. The van der Waals surface area contributed by atoms with Crippen LogP contribution in [0.4, 0.5) is 26.3 Å². The van der Waals surface area contributed by atoms with Gasteiger partial charge >= 0.3 is 12.4 Å². The molecule has 2 unspecified atom stereocenters. The van der Waals surface area contributed by atoms with E-state index in [9.17, 15) is 81.3 Å². The van der Waals surface area contributed by atoms with Crippen molar-refractivity contribution in [1.29, 1.82) is 10.5 Å². The van der Waals surface area contributed by atoms with Crippen molar-refractivity contribution < 1.29 is 82.6 Å². The van der Waals surface area contributed by atoms with Gasteiger partial charge in [0.25, 0.3) is 22.9 Å². The van der Waals surface area contributed by atoms with Crippen LogP contribution in [0.1, 0.15) is 71.9 Å². The number of nitrogens with zero attached hydrogens (tertiary/aromatic N) is 5.